The van der Waals surface area contributed by atoms with Gasteiger partial charge in [-0.15, -0.1) is 0 Å². The average molecular weight is 262 g/mol. The van der Waals surface area contributed by atoms with Crippen LogP contribution in [0.4, 0.5) is 0 Å². The highest BCUT2D eigenvalue weighted by atomic mass is 32.2. The summed E-state index contributed by atoms with van der Waals surface area (Å²) in [4.78, 5) is 13.6. The predicted octanol–water partition coefficient (Wildman–Crippen LogP) is 0.0200. The van der Waals surface area contributed by atoms with Crippen LogP contribution in [-0.2, 0) is 14.6 Å². The van der Waals surface area contributed by atoms with Crippen LogP contribution in [0.25, 0.3) is 0 Å². The Labute approximate surface area is 103 Å². The van der Waals surface area contributed by atoms with Crippen molar-refractivity contribution in [2.45, 2.75) is 39.3 Å². The van der Waals surface area contributed by atoms with Crippen molar-refractivity contribution in [2.75, 3.05) is 24.6 Å². The molecule has 6 heteroatoms. The van der Waals surface area contributed by atoms with Crippen molar-refractivity contribution in [3.8, 4) is 0 Å². The van der Waals surface area contributed by atoms with Crippen molar-refractivity contribution >= 4 is 15.7 Å². The number of rotatable bonds is 4. The summed E-state index contributed by atoms with van der Waals surface area (Å²) in [6, 6.07) is 0.259. The molecule has 5 nitrogen and oxygen atoms in total. The predicted molar refractivity (Wildman–Crippen MR) is 67.6 cm³/mol. The number of carbonyl (C=O) groups is 1. The monoisotopic (exact) mass is 262 g/mol. The lowest BCUT2D eigenvalue weighted by Gasteiger charge is -2.38. The Hall–Kier alpha value is -0.620. The molecule has 0 aliphatic carbocycles. The van der Waals surface area contributed by atoms with Gasteiger partial charge in [0.05, 0.1) is 5.75 Å². The number of nitrogens with one attached hydrogen (secondary N) is 1. The molecule has 1 fully saturated rings. The molecule has 0 aromatic rings. The van der Waals surface area contributed by atoms with E-state index in [0.29, 0.717) is 13.0 Å². The molecule has 100 valence electrons. The third-order valence-corrected chi connectivity index (χ3v) is 4.93. The Morgan fingerprint density at radius 3 is 2.65 bits per heavy atom. The first-order chi connectivity index (χ1) is 7.87. The second-order valence-corrected chi connectivity index (χ2v) is 6.85. The van der Waals surface area contributed by atoms with Gasteiger partial charge in [0.2, 0.25) is 5.91 Å². The third-order valence-electron chi connectivity index (χ3n) is 3.21. The van der Waals surface area contributed by atoms with Crippen LogP contribution >= 0.6 is 0 Å². The highest BCUT2D eigenvalue weighted by molar-refractivity contribution is 7.92. The first-order valence-corrected chi connectivity index (χ1v) is 7.93. The van der Waals surface area contributed by atoms with Gasteiger partial charge in [0.15, 0.2) is 9.84 Å². The number of hydrogen-bond acceptors (Lipinski definition) is 4. The van der Waals surface area contributed by atoms with Crippen LogP contribution in [0.1, 0.15) is 27.2 Å². The minimum Gasteiger partial charge on any atom is -0.336 e. The normalized spacial score (nSPS) is 25.9. The van der Waals surface area contributed by atoms with E-state index in [1.807, 2.05) is 13.8 Å². The van der Waals surface area contributed by atoms with Gasteiger partial charge in [0.25, 0.3) is 0 Å². The van der Waals surface area contributed by atoms with E-state index in [1.165, 1.54) is 0 Å². The van der Waals surface area contributed by atoms with Crippen LogP contribution in [0.3, 0.4) is 0 Å². The third kappa shape index (κ3) is 3.96. The fourth-order valence-electron chi connectivity index (χ4n) is 2.06. The second kappa shape index (κ2) is 5.82. The summed E-state index contributed by atoms with van der Waals surface area (Å²) in [7, 11) is -3.23. The van der Waals surface area contributed by atoms with Gasteiger partial charge in [-0.25, -0.2) is 8.42 Å². The summed E-state index contributed by atoms with van der Waals surface area (Å²) in [5.74, 6) is -0.522. The summed E-state index contributed by atoms with van der Waals surface area (Å²) < 4.78 is 23.2. The van der Waals surface area contributed by atoms with E-state index in [-0.39, 0.29) is 29.5 Å². The van der Waals surface area contributed by atoms with Crippen molar-refractivity contribution in [1.82, 2.24) is 10.2 Å². The molecule has 2 atom stereocenters. The lowest BCUT2D eigenvalue weighted by Crippen LogP contribution is -2.58. The van der Waals surface area contributed by atoms with Crippen LogP contribution in [0.2, 0.25) is 0 Å². The van der Waals surface area contributed by atoms with Crippen molar-refractivity contribution < 1.29 is 13.2 Å². The minimum absolute atomic E-state index is 0.0491. The number of sulfone groups is 1. The van der Waals surface area contributed by atoms with Crippen LogP contribution in [-0.4, -0.2) is 55.9 Å². The molecule has 1 rings (SSSR count). The number of piperazine rings is 1. The molecule has 0 spiro atoms. The van der Waals surface area contributed by atoms with E-state index in [2.05, 4.69) is 5.32 Å². The van der Waals surface area contributed by atoms with E-state index < -0.39 is 9.84 Å². The lowest BCUT2D eigenvalue weighted by molar-refractivity contribution is -0.132. The first kappa shape index (κ1) is 14.4. The Balaban J connectivity index is 2.64. The van der Waals surface area contributed by atoms with E-state index in [9.17, 15) is 13.2 Å². The zero-order valence-corrected chi connectivity index (χ0v) is 11.6. The molecule has 0 bridgehead atoms. The molecule has 2 unspecified atom stereocenters. The van der Waals surface area contributed by atoms with Crippen molar-refractivity contribution in [2.24, 2.45) is 0 Å². The van der Waals surface area contributed by atoms with Gasteiger partial charge >= 0.3 is 0 Å². The fourth-order valence-corrected chi connectivity index (χ4v) is 3.37. The molecule has 0 aromatic heterocycles. The number of amides is 1. The van der Waals surface area contributed by atoms with Gasteiger partial charge in [-0.1, -0.05) is 6.92 Å². The summed E-state index contributed by atoms with van der Waals surface area (Å²) >= 11 is 0. The van der Waals surface area contributed by atoms with E-state index in [1.54, 1.807) is 11.8 Å². The Morgan fingerprint density at radius 1 is 1.41 bits per heavy atom. The molecule has 1 N–H and O–H groups in total. The smallest absolute Gasteiger partial charge is 0.238 e. The van der Waals surface area contributed by atoms with E-state index >= 15 is 0 Å². The molecular weight excluding hydrogens is 240 g/mol. The minimum atomic E-state index is -3.23. The highest BCUT2D eigenvalue weighted by Gasteiger charge is 2.30. The van der Waals surface area contributed by atoms with Gasteiger partial charge in [0, 0.05) is 25.2 Å². The van der Waals surface area contributed by atoms with Gasteiger partial charge in [-0.3, -0.25) is 4.79 Å². The molecule has 1 aliphatic heterocycles. The largest absolute Gasteiger partial charge is 0.336 e. The highest BCUT2D eigenvalue weighted by Crippen LogP contribution is 2.10. The quantitative estimate of drug-likeness (QED) is 0.775. The molecule has 0 aromatic carbocycles. The molecule has 17 heavy (non-hydrogen) atoms. The zero-order chi connectivity index (χ0) is 13.1. The van der Waals surface area contributed by atoms with Crippen LogP contribution < -0.4 is 5.32 Å². The number of hydrogen-bond donors (Lipinski definition) is 1. The van der Waals surface area contributed by atoms with Crippen LogP contribution in [0.15, 0.2) is 0 Å². The van der Waals surface area contributed by atoms with Crippen molar-refractivity contribution in [1.29, 1.82) is 0 Å². The van der Waals surface area contributed by atoms with Gasteiger partial charge < -0.3 is 10.2 Å². The lowest BCUT2D eigenvalue weighted by atomic mass is 10.1. The summed E-state index contributed by atoms with van der Waals surface area (Å²) in [6.07, 6.45) is 0.559. The second-order valence-electron chi connectivity index (χ2n) is 4.66. The van der Waals surface area contributed by atoms with E-state index in [4.69, 9.17) is 0 Å². The van der Waals surface area contributed by atoms with Gasteiger partial charge in [-0.2, -0.15) is 0 Å². The van der Waals surface area contributed by atoms with Gasteiger partial charge in [0.1, 0.15) is 5.75 Å². The summed E-state index contributed by atoms with van der Waals surface area (Å²) in [6.45, 7) is 7.07. The van der Waals surface area contributed by atoms with E-state index in [0.717, 1.165) is 6.54 Å². The number of carbonyl (C=O) groups excluding carboxylic acids is 1. The fraction of sp³-hybridized carbons (Fsp3) is 0.909. The molecule has 1 aliphatic rings. The molecule has 0 saturated carbocycles. The van der Waals surface area contributed by atoms with Crippen molar-refractivity contribution in [3.63, 3.8) is 0 Å². The van der Waals surface area contributed by atoms with Crippen LogP contribution in [0.5, 0.6) is 0 Å². The molecule has 0 radical (unpaired) electrons. The Kier molecular flexibility index (Phi) is 4.94. The molecule has 1 saturated heterocycles. The maximum Gasteiger partial charge on any atom is 0.238 e. The zero-order valence-electron chi connectivity index (χ0n) is 10.8. The summed E-state index contributed by atoms with van der Waals surface area (Å²) in [5.41, 5.74) is 0. The Morgan fingerprint density at radius 2 is 2.06 bits per heavy atom. The topological polar surface area (TPSA) is 66.5 Å². The molecular formula is C11H22N2O3S. The first-order valence-electron chi connectivity index (χ1n) is 6.10. The Bertz CT molecular complexity index is 367. The molecule has 1 amide bonds. The number of nitrogens with zero attached hydrogens (tertiary/aromatic N) is 1. The SMILES string of the molecule is CCCS(=O)(=O)CC(=O)N1CCNC(C)C1C. The van der Waals surface area contributed by atoms with Gasteiger partial charge in [-0.05, 0) is 20.3 Å². The van der Waals surface area contributed by atoms with Crippen molar-refractivity contribution in [3.05, 3.63) is 0 Å². The average Bonchev–Trinajstić information content (AvgIpc) is 2.21. The van der Waals surface area contributed by atoms with Crippen LogP contribution in [0, 0.1) is 0 Å². The summed E-state index contributed by atoms with van der Waals surface area (Å²) in [5, 5.41) is 3.26. The maximum atomic E-state index is 12.0. The maximum absolute atomic E-state index is 12.0. The standard InChI is InChI=1S/C11H22N2O3S/c1-4-7-17(15,16)8-11(14)13-6-5-12-9(2)10(13)3/h9-10,12H,4-8H2,1-3H3. The molecule has 1 heterocycles.